The molecule has 0 amide bonds. The Morgan fingerprint density at radius 1 is 1.22 bits per heavy atom. The van der Waals surface area contributed by atoms with Crippen molar-refractivity contribution >= 4 is 34.5 Å². The Morgan fingerprint density at radius 2 is 1.94 bits per heavy atom. The molecule has 0 spiro atoms. The maximum atomic E-state index is 13.5. The van der Waals surface area contributed by atoms with Crippen molar-refractivity contribution in [1.29, 1.82) is 0 Å². The van der Waals surface area contributed by atoms with Gasteiger partial charge in [-0.2, -0.15) is 0 Å². The van der Waals surface area contributed by atoms with Gasteiger partial charge in [0.25, 0.3) is 0 Å². The SMILES string of the molecule is C=CCC(C)C1CC(=O)C2=C(NC1=S)c1ccc(C(=O)c3ccccc3)cc1CC2(C)C. The number of fused-ring (bicyclic) bond motifs is 2. The van der Waals surface area contributed by atoms with Gasteiger partial charge >= 0.3 is 0 Å². The third-order valence-electron chi connectivity index (χ3n) is 6.73. The summed E-state index contributed by atoms with van der Waals surface area (Å²) in [7, 11) is 0. The van der Waals surface area contributed by atoms with E-state index in [4.69, 9.17) is 12.2 Å². The Morgan fingerprint density at radius 3 is 2.62 bits per heavy atom. The second-order valence-corrected chi connectivity index (χ2v) is 10.0. The third-order valence-corrected chi connectivity index (χ3v) is 7.13. The molecule has 32 heavy (non-hydrogen) atoms. The highest BCUT2D eigenvalue weighted by Crippen LogP contribution is 2.45. The number of rotatable bonds is 5. The van der Waals surface area contributed by atoms with E-state index in [1.165, 1.54) is 0 Å². The van der Waals surface area contributed by atoms with Gasteiger partial charge in [-0.3, -0.25) is 9.59 Å². The van der Waals surface area contributed by atoms with E-state index >= 15 is 0 Å². The van der Waals surface area contributed by atoms with Crippen LogP contribution in [0, 0.1) is 17.3 Å². The maximum absolute atomic E-state index is 13.5. The standard InChI is InChI=1S/C28H29NO2S/c1-5-9-17(2)22-15-23(30)24-25(29-27(22)32)21-13-12-19(14-20(21)16-28(24,3)4)26(31)18-10-7-6-8-11-18/h5-8,10-14,17,22H,1,9,15-16H2,2-4H3,(H,29,32). The number of carbonyl (C=O) groups is 2. The largest absolute Gasteiger partial charge is 0.349 e. The number of thiocarbonyl (C=S) groups is 1. The smallest absolute Gasteiger partial charge is 0.193 e. The quantitative estimate of drug-likeness (QED) is 0.353. The van der Waals surface area contributed by atoms with Crippen LogP contribution in [-0.2, 0) is 11.2 Å². The van der Waals surface area contributed by atoms with Crippen LogP contribution in [0.4, 0.5) is 0 Å². The third kappa shape index (κ3) is 4.00. The summed E-state index contributed by atoms with van der Waals surface area (Å²) >= 11 is 5.77. The predicted octanol–water partition coefficient (Wildman–Crippen LogP) is 5.93. The number of Topliss-reactive ketones (excluding diaryl/α,β-unsaturated/α-hetero) is 1. The zero-order valence-electron chi connectivity index (χ0n) is 18.9. The van der Waals surface area contributed by atoms with Gasteiger partial charge in [0.05, 0.1) is 10.7 Å². The van der Waals surface area contributed by atoms with Gasteiger partial charge in [0.2, 0.25) is 0 Å². The van der Waals surface area contributed by atoms with E-state index in [0.29, 0.717) is 29.0 Å². The van der Waals surface area contributed by atoms with Crippen LogP contribution in [0.2, 0.25) is 0 Å². The summed E-state index contributed by atoms with van der Waals surface area (Å²) < 4.78 is 0. The zero-order valence-corrected chi connectivity index (χ0v) is 19.7. The number of allylic oxidation sites excluding steroid dienone is 2. The average molecular weight is 444 g/mol. The van der Waals surface area contributed by atoms with Crippen LogP contribution in [-0.4, -0.2) is 16.6 Å². The predicted molar refractivity (Wildman–Crippen MR) is 134 cm³/mol. The summed E-state index contributed by atoms with van der Waals surface area (Å²) in [6.07, 6.45) is 3.82. The summed E-state index contributed by atoms with van der Waals surface area (Å²) in [5.41, 5.74) is 4.65. The molecule has 0 saturated carbocycles. The van der Waals surface area contributed by atoms with Crippen LogP contribution in [0.15, 0.2) is 66.8 Å². The van der Waals surface area contributed by atoms with E-state index in [1.807, 2.05) is 54.6 Å². The number of nitrogens with one attached hydrogen (secondary N) is 1. The number of hydrogen-bond acceptors (Lipinski definition) is 3. The molecule has 2 aromatic carbocycles. The van der Waals surface area contributed by atoms with Gasteiger partial charge in [-0.05, 0) is 35.8 Å². The molecule has 4 rings (SSSR count). The lowest BCUT2D eigenvalue weighted by molar-refractivity contribution is -0.117. The molecule has 164 valence electrons. The van der Waals surface area contributed by atoms with Crippen LogP contribution in [0.25, 0.3) is 5.70 Å². The monoisotopic (exact) mass is 443 g/mol. The Hall–Kier alpha value is -2.85. The zero-order chi connectivity index (χ0) is 23.0. The Labute approximate surface area is 195 Å². The number of carbonyl (C=O) groups excluding carboxylic acids is 2. The molecule has 1 N–H and O–H groups in total. The molecule has 0 aromatic heterocycles. The Kier molecular flexibility index (Phi) is 6.00. The lowest BCUT2D eigenvalue weighted by atomic mass is 9.69. The van der Waals surface area contributed by atoms with Gasteiger partial charge in [-0.15, -0.1) is 6.58 Å². The molecule has 1 aliphatic heterocycles. The summed E-state index contributed by atoms with van der Waals surface area (Å²) in [6.45, 7) is 10.2. The van der Waals surface area contributed by atoms with Gasteiger partial charge in [-0.25, -0.2) is 0 Å². The lowest BCUT2D eigenvalue weighted by Crippen LogP contribution is -2.33. The number of benzene rings is 2. The molecule has 2 aliphatic rings. The first-order valence-corrected chi connectivity index (χ1v) is 11.6. The van der Waals surface area contributed by atoms with Gasteiger partial charge in [-0.1, -0.05) is 81.5 Å². The van der Waals surface area contributed by atoms with E-state index in [1.54, 1.807) is 0 Å². The van der Waals surface area contributed by atoms with Crippen molar-refractivity contribution in [3.63, 3.8) is 0 Å². The summed E-state index contributed by atoms with van der Waals surface area (Å²) in [4.78, 5) is 27.2. The molecule has 2 unspecified atom stereocenters. The van der Waals surface area contributed by atoms with E-state index in [0.717, 1.165) is 28.8 Å². The minimum atomic E-state index is -0.354. The molecule has 0 fully saturated rings. The van der Waals surface area contributed by atoms with Crippen LogP contribution in [0.1, 0.15) is 60.7 Å². The van der Waals surface area contributed by atoms with Crippen molar-refractivity contribution in [2.45, 2.75) is 40.0 Å². The molecule has 1 aliphatic carbocycles. The highest BCUT2D eigenvalue weighted by atomic mass is 32.1. The first-order chi connectivity index (χ1) is 15.2. The van der Waals surface area contributed by atoms with Crippen LogP contribution in [0.3, 0.4) is 0 Å². The molecule has 4 heteroatoms. The fourth-order valence-corrected chi connectivity index (χ4v) is 5.48. The molecular weight excluding hydrogens is 414 g/mol. The van der Waals surface area contributed by atoms with Crippen molar-refractivity contribution in [2.24, 2.45) is 17.3 Å². The van der Waals surface area contributed by atoms with Crippen LogP contribution in [0.5, 0.6) is 0 Å². The van der Waals surface area contributed by atoms with E-state index < -0.39 is 0 Å². The molecule has 3 nitrogen and oxygen atoms in total. The minimum Gasteiger partial charge on any atom is -0.349 e. The molecule has 0 bridgehead atoms. The molecule has 1 heterocycles. The molecule has 0 radical (unpaired) electrons. The van der Waals surface area contributed by atoms with Crippen molar-refractivity contribution in [2.75, 3.05) is 0 Å². The minimum absolute atomic E-state index is 0.00437. The molecule has 2 atom stereocenters. The molecular formula is C28H29NO2S. The van der Waals surface area contributed by atoms with Crippen molar-refractivity contribution < 1.29 is 9.59 Å². The average Bonchev–Trinajstić information content (AvgIpc) is 2.89. The number of hydrogen-bond donors (Lipinski definition) is 1. The van der Waals surface area contributed by atoms with Crippen molar-refractivity contribution in [3.05, 3.63) is 89.0 Å². The molecule has 2 aromatic rings. The Balaban J connectivity index is 1.76. The van der Waals surface area contributed by atoms with Gasteiger partial charge in [0, 0.05) is 34.6 Å². The number of ketones is 2. The highest BCUT2D eigenvalue weighted by molar-refractivity contribution is 7.80. The normalized spacial score (nSPS) is 20.5. The fraction of sp³-hybridized carbons (Fsp3) is 0.321. The van der Waals surface area contributed by atoms with Crippen LogP contribution >= 0.6 is 12.2 Å². The second kappa shape index (κ2) is 8.59. The highest BCUT2D eigenvalue weighted by Gasteiger charge is 2.41. The topological polar surface area (TPSA) is 46.2 Å². The van der Waals surface area contributed by atoms with E-state index in [9.17, 15) is 9.59 Å². The first-order valence-electron chi connectivity index (χ1n) is 11.2. The van der Waals surface area contributed by atoms with Crippen LogP contribution < -0.4 is 5.32 Å². The lowest BCUT2D eigenvalue weighted by Gasteiger charge is -2.35. The fourth-order valence-electron chi connectivity index (χ4n) is 5.06. The van der Waals surface area contributed by atoms with Gasteiger partial charge in [0.1, 0.15) is 0 Å². The Bertz CT molecular complexity index is 1140. The summed E-state index contributed by atoms with van der Waals surface area (Å²) in [5.74, 6) is 0.392. The van der Waals surface area contributed by atoms with E-state index in [-0.39, 0.29) is 28.8 Å². The van der Waals surface area contributed by atoms with E-state index in [2.05, 4.69) is 32.7 Å². The van der Waals surface area contributed by atoms with Gasteiger partial charge < -0.3 is 5.32 Å². The van der Waals surface area contributed by atoms with Crippen molar-refractivity contribution in [1.82, 2.24) is 5.32 Å². The summed E-state index contributed by atoms with van der Waals surface area (Å²) in [5, 5.41) is 3.46. The molecule has 0 saturated heterocycles. The first kappa shape index (κ1) is 22.3. The van der Waals surface area contributed by atoms with Crippen molar-refractivity contribution in [3.8, 4) is 0 Å². The van der Waals surface area contributed by atoms with Gasteiger partial charge in [0.15, 0.2) is 11.6 Å². The summed E-state index contributed by atoms with van der Waals surface area (Å²) in [6, 6.07) is 15.1. The second-order valence-electron chi connectivity index (χ2n) is 9.60. The maximum Gasteiger partial charge on any atom is 0.193 e.